The van der Waals surface area contributed by atoms with Crippen molar-refractivity contribution in [1.82, 2.24) is 4.98 Å². The summed E-state index contributed by atoms with van der Waals surface area (Å²) in [7, 11) is 0. The molecule has 3 nitrogen and oxygen atoms in total. The fraction of sp³-hybridized carbons (Fsp3) is 0.0526. The molecule has 0 amide bonds. The molecule has 105 valence electrons. The SMILES string of the molecule is [c]1c(C2Nc3ccccc3N2)ccc2c1[nH]c1ccccc12. The summed E-state index contributed by atoms with van der Waals surface area (Å²) < 4.78 is 0. The Labute approximate surface area is 128 Å². The monoisotopic (exact) mass is 284 g/mol. The largest absolute Gasteiger partial charge is 0.360 e. The van der Waals surface area contributed by atoms with Gasteiger partial charge in [0.1, 0.15) is 6.17 Å². The second-order valence-electron chi connectivity index (χ2n) is 5.64. The zero-order chi connectivity index (χ0) is 14.5. The van der Waals surface area contributed by atoms with E-state index in [9.17, 15) is 0 Å². The van der Waals surface area contributed by atoms with Crippen LogP contribution in [-0.2, 0) is 0 Å². The van der Waals surface area contributed by atoms with Crippen LogP contribution < -0.4 is 10.6 Å². The molecular weight excluding hydrogens is 270 g/mol. The molecule has 1 aliphatic heterocycles. The van der Waals surface area contributed by atoms with Crippen molar-refractivity contribution in [2.75, 3.05) is 10.6 Å². The molecule has 0 saturated carbocycles. The van der Waals surface area contributed by atoms with Crippen LogP contribution in [0.2, 0.25) is 0 Å². The number of hydrogen-bond acceptors (Lipinski definition) is 2. The number of aromatic amines is 1. The van der Waals surface area contributed by atoms with Crippen LogP contribution in [0.25, 0.3) is 21.8 Å². The van der Waals surface area contributed by atoms with Gasteiger partial charge in [-0.1, -0.05) is 42.5 Å². The van der Waals surface area contributed by atoms with Crippen molar-refractivity contribution in [1.29, 1.82) is 0 Å². The summed E-state index contributed by atoms with van der Waals surface area (Å²) in [5.74, 6) is 0. The van der Waals surface area contributed by atoms with Gasteiger partial charge in [-0.3, -0.25) is 0 Å². The van der Waals surface area contributed by atoms with Crippen LogP contribution in [0.3, 0.4) is 0 Å². The van der Waals surface area contributed by atoms with Gasteiger partial charge in [0.05, 0.1) is 16.9 Å². The summed E-state index contributed by atoms with van der Waals surface area (Å²) in [6.07, 6.45) is 0.0632. The normalized spacial score (nSPS) is 14.0. The maximum Gasteiger partial charge on any atom is 0.124 e. The first kappa shape index (κ1) is 11.7. The average Bonchev–Trinajstić information content (AvgIpc) is 3.15. The Balaban J connectivity index is 1.60. The topological polar surface area (TPSA) is 39.8 Å². The highest BCUT2D eigenvalue weighted by Crippen LogP contribution is 2.36. The van der Waals surface area contributed by atoms with E-state index in [1.807, 2.05) is 12.1 Å². The predicted molar refractivity (Wildman–Crippen MR) is 91.1 cm³/mol. The Morgan fingerprint density at radius 2 is 1.45 bits per heavy atom. The number of H-pyrrole nitrogens is 1. The Hall–Kier alpha value is -2.94. The number of hydrogen-bond donors (Lipinski definition) is 3. The van der Waals surface area contributed by atoms with Gasteiger partial charge in [0.15, 0.2) is 0 Å². The van der Waals surface area contributed by atoms with E-state index in [4.69, 9.17) is 0 Å². The van der Waals surface area contributed by atoms with Crippen LogP contribution in [0.5, 0.6) is 0 Å². The van der Waals surface area contributed by atoms with Crippen LogP contribution in [-0.4, -0.2) is 4.98 Å². The van der Waals surface area contributed by atoms with E-state index >= 15 is 0 Å². The van der Waals surface area contributed by atoms with Crippen molar-refractivity contribution < 1.29 is 0 Å². The standard InChI is InChI=1S/C19H14N3/c1-2-6-15-13(5-1)14-10-9-12(11-18(14)20-15)19-21-16-7-3-4-8-17(16)22-19/h1-10,19-22H. The molecule has 3 N–H and O–H groups in total. The number of rotatable bonds is 1. The minimum atomic E-state index is 0.0632. The maximum absolute atomic E-state index is 3.51. The van der Waals surface area contributed by atoms with Crippen LogP contribution in [0.1, 0.15) is 11.7 Å². The zero-order valence-electron chi connectivity index (χ0n) is 11.9. The molecule has 3 aromatic carbocycles. The van der Waals surface area contributed by atoms with E-state index in [-0.39, 0.29) is 6.17 Å². The third kappa shape index (κ3) is 1.62. The quantitative estimate of drug-likeness (QED) is 0.476. The van der Waals surface area contributed by atoms with Gasteiger partial charge in [0.2, 0.25) is 0 Å². The third-order valence-corrected chi connectivity index (χ3v) is 4.28. The predicted octanol–water partition coefficient (Wildman–Crippen LogP) is 4.66. The second-order valence-corrected chi connectivity index (χ2v) is 5.64. The highest BCUT2D eigenvalue weighted by atomic mass is 15.2. The van der Waals surface area contributed by atoms with Gasteiger partial charge in [-0.2, -0.15) is 0 Å². The molecule has 3 heteroatoms. The van der Waals surface area contributed by atoms with Crippen molar-refractivity contribution in [3.05, 3.63) is 72.3 Å². The van der Waals surface area contributed by atoms with E-state index in [0.717, 1.165) is 28.0 Å². The lowest BCUT2D eigenvalue weighted by Gasteiger charge is -2.12. The van der Waals surface area contributed by atoms with Crippen molar-refractivity contribution in [3.63, 3.8) is 0 Å². The molecule has 1 aromatic heterocycles. The minimum absolute atomic E-state index is 0.0632. The highest BCUT2D eigenvalue weighted by Gasteiger charge is 2.21. The first-order chi connectivity index (χ1) is 10.9. The summed E-state index contributed by atoms with van der Waals surface area (Å²) in [6.45, 7) is 0. The molecule has 22 heavy (non-hydrogen) atoms. The van der Waals surface area contributed by atoms with Crippen molar-refractivity contribution >= 4 is 33.2 Å². The summed E-state index contributed by atoms with van der Waals surface area (Å²) in [5, 5.41) is 9.45. The van der Waals surface area contributed by atoms with E-state index < -0.39 is 0 Å². The number of benzene rings is 3. The van der Waals surface area contributed by atoms with Gasteiger partial charge >= 0.3 is 0 Å². The number of fused-ring (bicyclic) bond motifs is 4. The molecule has 1 radical (unpaired) electrons. The zero-order valence-corrected chi connectivity index (χ0v) is 11.9. The third-order valence-electron chi connectivity index (χ3n) is 4.28. The first-order valence-corrected chi connectivity index (χ1v) is 7.43. The van der Waals surface area contributed by atoms with Gasteiger partial charge in [0, 0.05) is 27.9 Å². The maximum atomic E-state index is 3.51. The number of anilines is 2. The summed E-state index contributed by atoms with van der Waals surface area (Å²) in [6, 6.07) is 24.4. The Kier molecular flexibility index (Phi) is 2.27. The van der Waals surface area contributed by atoms with Gasteiger partial charge < -0.3 is 15.6 Å². The Morgan fingerprint density at radius 3 is 2.27 bits per heavy atom. The minimum Gasteiger partial charge on any atom is -0.360 e. The smallest absolute Gasteiger partial charge is 0.124 e. The molecule has 4 aromatic rings. The molecule has 0 unspecified atom stereocenters. The molecule has 1 aliphatic rings. The van der Waals surface area contributed by atoms with Gasteiger partial charge in [-0.25, -0.2) is 0 Å². The van der Waals surface area contributed by atoms with Crippen LogP contribution in [0.4, 0.5) is 11.4 Å². The number of aromatic nitrogens is 1. The molecular formula is C19H14N3. The van der Waals surface area contributed by atoms with E-state index in [1.54, 1.807) is 0 Å². The molecule has 5 rings (SSSR count). The molecule has 2 heterocycles. The fourth-order valence-electron chi connectivity index (χ4n) is 3.20. The van der Waals surface area contributed by atoms with Crippen LogP contribution in [0.15, 0.2) is 60.7 Å². The average molecular weight is 284 g/mol. The molecule has 0 fully saturated rings. The second kappa shape index (κ2) is 4.28. The van der Waals surface area contributed by atoms with Gasteiger partial charge in [0.25, 0.3) is 0 Å². The summed E-state index contributed by atoms with van der Waals surface area (Å²) >= 11 is 0. The number of para-hydroxylation sites is 3. The van der Waals surface area contributed by atoms with E-state index in [2.05, 4.69) is 70.2 Å². The van der Waals surface area contributed by atoms with Crippen molar-refractivity contribution in [3.8, 4) is 0 Å². The first-order valence-electron chi connectivity index (χ1n) is 7.43. The fourth-order valence-corrected chi connectivity index (χ4v) is 3.20. The molecule has 0 bridgehead atoms. The van der Waals surface area contributed by atoms with E-state index in [0.29, 0.717) is 0 Å². The molecule has 0 aliphatic carbocycles. The Morgan fingerprint density at radius 1 is 0.727 bits per heavy atom. The van der Waals surface area contributed by atoms with Gasteiger partial charge in [-0.05, 0) is 18.2 Å². The summed E-state index contributed by atoms with van der Waals surface area (Å²) in [4.78, 5) is 3.45. The van der Waals surface area contributed by atoms with Gasteiger partial charge in [-0.15, -0.1) is 0 Å². The number of nitrogens with one attached hydrogen (secondary N) is 3. The lowest BCUT2D eigenvalue weighted by molar-refractivity contribution is 0.941. The van der Waals surface area contributed by atoms with Crippen LogP contribution in [0, 0.1) is 6.07 Å². The van der Waals surface area contributed by atoms with Crippen molar-refractivity contribution in [2.45, 2.75) is 6.17 Å². The molecule has 0 atom stereocenters. The lowest BCUT2D eigenvalue weighted by atomic mass is 10.1. The van der Waals surface area contributed by atoms with Crippen molar-refractivity contribution in [2.24, 2.45) is 0 Å². The highest BCUT2D eigenvalue weighted by molar-refractivity contribution is 6.07. The van der Waals surface area contributed by atoms with E-state index in [1.165, 1.54) is 10.8 Å². The van der Waals surface area contributed by atoms with Crippen LogP contribution >= 0.6 is 0 Å². The lowest BCUT2D eigenvalue weighted by Crippen LogP contribution is -2.12. The summed E-state index contributed by atoms with van der Waals surface area (Å²) in [5.41, 5.74) is 5.59. The molecule has 0 spiro atoms. The Bertz CT molecular complexity index is 975. The molecule has 0 saturated heterocycles.